The summed E-state index contributed by atoms with van der Waals surface area (Å²) in [5.41, 5.74) is 0.840. The summed E-state index contributed by atoms with van der Waals surface area (Å²) in [6.07, 6.45) is 4.92. The summed E-state index contributed by atoms with van der Waals surface area (Å²) >= 11 is 0. The number of nitrogens with zero attached hydrogens (tertiary/aromatic N) is 2. The fraction of sp³-hybridized carbons (Fsp3) is 0.200. The van der Waals surface area contributed by atoms with E-state index in [9.17, 15) is 17.6 Å². The van der Waals surface area contributed by atoms with Crippen molar-refractivity contribution in [3.8, 4) is 22.5 Å². The van der Waals surface area contributed by atoms with E-state index in [0.717, 1.165) is 25.0 Å². The molecule has 3 rings (SSSR count). The third-order valence-corrected chi connectivity index (χ3v) is 4.04. The van der Waals surface area contributed by atoms with Gasteiger partial charge in [-0.25, -0.2) is 27.5 Å². The Balaban J connectivity index is 1.92. The van der Waals surface area contributed by atoms with Crippen LogP contribution in [0.15, 0.2) is 42.7 Å². The molecule has 0 aliphatic rings. The van der Waals surface area contributed by atoms with Crippen LogP contribution in [-0.2, 0) is 6.42 Å². The molecule has 134 valence electrons. The lowest BCUT2D eigenvalue weighted by molar-refractivity contribution is 0.509. The second kappa shape index (κ2) is 7.64. The van der Waals surface area contributed by atoms with Crippen molar-refractivity contribution >= 4 is 0 Å². The number of hydrogen-bond acceptors (Lipinski definition) is 2. The van der Waals surface area contributed by atoms with Crippen molar-refractivity contribution in [1.82, 2.24) is 9.97 Å². The average molecular weight is 360 g/mol. The Morgan fingerprint density at radius 1 is 0.769 bits per heavy atom. The van der Waals surface area contributed by atoms with Gasteiger partial charge in [0.2, 0.25) is 0 Å². The number of aromatic nitrogens is 2. The quantitative estimate of drug-likeness (QED) is 0.545. The molecule has 0 saturated heterocycles. The minimum Gasteiger partial charge on any atom is -0.236 e. The molecular weight excluding hydrogens is 344 g/mol. The Bertz CT molecular complexity index is 901. The second-order valence-corrected chi connectivity index (χ2v) is 5.96. The summed E-state index contributed by atoms with van der Waals surface area (Å²) in [6.45, 7) is 2.01. The van der Waals surface area contributed by atoms with Gasteiger partial charge in [0.05, 0.1) is 5.56 Å². The van der Waals surface area contributed by atoms with Crippen molar-refractivity contribution < 1.29 is 17.6 Å². The van der Waals surface area contributed by atoms with E-state index in [1.165, 1.54) is 30.6 Å². The van der Waals surface area contributed by atoms with Gasteiger partial charge in [-0.1, -0.05) is 13.3 Å². The highest BCUT2D eigenvalue weighted by molar-refractivity contribution is 5.65. The Morgan fingerprint density at radius 3 is 2.00 bits per heavy atom. The molecule has 26 heavy (non-hydrogen) atoms. The van der Waals surface area contributed by atoms with Crippen LogP contribution >= 0.6 is 0 Å². The predicted molar refractivity (Wildman–Crippen MR) is 91.3 cm³/mol. The van der Waals surface area contributed by atoms with Gasteiger partial charge < -0.3 is 0 Å². The molecule has 0 aliphatic heterocycles. The standard InChI is InChI=1S/C20H16F4N2/c1-2-3-4-12-7-17(23)19(18(24)8-12)14-10-25-20(26-11-14)13-5-6-15(21)16(22)9-13/h5-11H,2-4H2,1H3. The van der Waals surface area contributed by atoms with Gasteiger partial charge in [0.1, 0.15) is 11.6 Å². The first kappa shape index (κ1) is 18.0. The number of hydrogen-bond donors (Lipinski definition) is 0. The van der Waals surface area contributed by atoms with E-state index in [0.29, 0.717) is 12.0 Å². The molecule has 0 amide bonds. The number of aryl methyl sites for hydroxylation is 1. The number of benzene rings is 2. The summed E-state index contributed by atoms with van der Waals surface area (Å²) in [5.74, 6) is -3.22. The summed E-state index contributed by atoms with van der Waals surface area (Å²) in [5, 5.41) is 0. The molecule has 2 nitrogen and oxygen atoms in total. The molecule has 0 atom stereocenters. The van der Waals surface area contributed by atoms with Crippen LogP contribution in [0.2, 0.25) is 0 Å². The van der Waals surface area contributed by atoms with E-state index in [4.69, 9.17) is 0 Å². The molecule has 1 aromatic heterocycles. The zero-order valence-electron chi connectivity index (χ0n) is 14.1. The predicted octanol–water partition coefficient (Wildman–Crippen LogP) is 5.71. The highest BCUT2D eigenvalue weighted by Crippen LogP contribution is 2.28. The van der Waals surface area contributed by atoms with Gasteiger partial charge in [-0.3, -0.25) is 0 Å². The maximum absolute atomic E-state index is 14.4. The Labute approximate surface area is 148 Å². The minimum absolute atomic E-state index is 0.132. The van der Waals surface area contributed by atoms with Gasteiger partial charge >= 0.3 is 0 Å². The van der Waals surface area contributed by atoms with E-state index in [-0.39, 0.29) is 22.5 Å². The molecule has 0 spiro atoms. The van der Waals surface area contributed by atoms with Crippen LogP contribution in [0.5, 0.6) is 0 Å². The molecule has 2 aromatic carbocycles. The summed E-state index contributed by atoms with van der Waals surface area (Å²) in [6, 6.07) is 5.90. The van der Waals surface area contributed by atoms with Crippen molar-refractivity contribution in [3.05, 3.63) is 71.6 Å². The smallest absolute Gasteiger partial charge is 0.159 e. The highest BCUT2D eigenvalue weighted by Gasteiger charge is 2.15. The Hall–Kier alpha value is -2.76. The van der Waals surface area contributed by atoms with Crippen LogP contribution in [-0.4, -0.2) is 9.97 Å². The fourth-order valence-electron chi connectivity index (χ4n) is 2.67. The van der Waals surface area contributed by atoms with Crippen LogP contribution in [0.1, 0.15) is 25.3 Å². The lowest BCUT2D eigenvalue weighted by Crippen LogP contribution is -1.97. The minimum atomic E-state index is -1.02. The third-order valence-electron chi connectivity index (χ3n) is 4.04. The van der Waals surface area contributed by atoms with Crippen LogP contribution in [0.4, 0.5) is 17.6 Å². The molecule has 0 fully saturated rings. The highest BCUT2D eigenvalue weighted by atomic mass is 19.2. The Morgan fingerprint density at radius 2 is 1.42 bits per heavy atom. The maximum atomic E-state index is 14.4. The molecule has 0 bridgehead atoms. The zero-order valence-corrected chi connectivity index (χ0v) is 14.1. The molecule has 3 aromatic rings. The van der Waals surface area contributed by atoms with Gasteiger partial charge in [-0.05, 0) is 48.7 Å². The van der Waals surface area contributed by atoms with Gasteiger partial charge in [0, 0.05) is 23.5 Å². The zero-order chi connectivity index (χ0) is 18.7. The van der Waals surface area contributed by atoms with Crippen molar-refractivity contribution in [2.45, 2.75) is 26.2 Å². The Kier molecular flexibility index (Phi) is 5.30. The van der Waals surface area contributed by atoms with E-state index < -0.39 is 23.3 Å². The molecule has 1 heterocycles. The molecule has 0 N–H and O–H groups in total. The summed E-state index contributed by atoms with van der Waals surface area (Å²) in [4.78, 5) is 8.03. The van der Waals surface area contributed by atoms with Crippen molar-refractivity contribution in [2.24, 2.45) is 0 Å². The molecule has 0 saturated carbocycles. The number of unbranched alkanes of at least 4 members (excludes halogenated alkanes) is 1. The molecule has 0 aliphatic carbocycles. The van der Waals surface area contributed by atoms with Crippen molar-refractivity contribution in [1.29, 1.82) is 0 Å². The van der Waals surface area contributed by atoms with Gasteiger partial charge in [0.15, 0.2) is 17.5 Å². The first-order chi connectivity index (χ1) is 12.5. The van der Waals surface area contributed by atoms with Crippen LogP contribution < -0.4 is 0 Å². The monoisotopic (exact) mass is 360 g/mol. The van der Waals surface area contributed by atoms with Gasteiger partial charge in [-0.2, -0.15) is 0 Å². The van der Waals surface area contributed by atoms with E-state index in [1.807, 2.05) is 6.92 Å². The van der Waals surface area contributed by atoms with Crippen LogP contribution in [0, 0.1) is 23.3 Å². The van der Waals surface area contributed by atoms with Crippen LogP contribution in [0.25, 0.3) is 22.5 Å². The first-order valence-electron chi connectivity index (χ1n) is 8.25. The van der Waals surface area contributed by atoms with E-state index in [2.05, 4.69) is 9.97 Å². The van der Waals surface area contributed by atoms with Crippen molar-refractivity contribution in [2.75, 3.05) is 0 Å². The topological polar surface area (TPSA) is 25.8 Å². The largest absolute Gasteiger partial charge is 0.236 e. The fourth-order valence-corrected chi connectivity index (χ4v) is 2.67. The SMILES string of the molecule is CCCCc1cc(F)c(-c2cnc(-c3ccc(F)c(F)c3)nc2)c(F)c1. The summed E-state index contributed by atoms with van der Waals surface area (Å²) < 4.78 is 55.0. The lowest BCUT2D eigenvalue weighted by atomic mass is 10.0. The number of rotatable bonds is 5. The third kappa shape index (κ3) is 3.74. The van der Waals surface area contributed by atoms with E-state index in [1.54, 1.807) is 0 Å². The van der Waals surface area contributed by atoms with Crippen molar-refractivity contribution in [3.63, 3.8) is 0 Å². The average Bonchev–Trinajstić information content (AvgIpc) is 2.62. The summed E-state index contributed by atoms with van der Waals surface area (Å²) in [7, 11) is 0. The van der Waals surface area contributed by atoms with Gasteiger partial charge in [0.25, 0.3) is 0 Å². The molecule has 0 radical (unpaired) electrons. The normalized spacial score (nSPS) is 11.0. The van der Waals surface area contributed by atoms with Crippen LogP contribution in [0.3, 0.4) is 0 Å². The van der Waals surface area contributed by atoms with Gasteiger partial charge in [-0.15, -0.1) is 0 Å². The molecular formula is C20H16F4N2. The maximum Gasteiger partial charge on any atom is 0.159 e. The molecule has 0 unspecified atom stereocenters. The number of halogens is 4. The molecule has 6 heteroatoms. The van der Waals surface area contributed by atoms with E-state index >= 15 is 0 Å². The first-order valence-corrected chi connectivity index (χ1v) is 8.25. The lowest BCUT2D eigenvalue weighted by Gasteiger charge is -2.09. The second-order valence-electron chi connectivity index (χ2n) is 5.96.